The second kappa shape index (κ2) is 5.05. The Balaban J connectivity index is 1.99. The summed E-state index contributed by atoms with van der Waals surface area (Å²) in [5, 5.41) is 0.490. The van der Waals surface area contributed by atoms with Gasteiger partial charge in [-0.05, 0) is 30.3 Å². The van der Waals surface area contributed by atoms with Gasteiger partial charge in [-0.25, -0.2) is 0 Å². The van der Waals surface area contributed by atoms with Crippen molar-refractivity contribution in [2.45, 2.75) is 6.61 Å². The van der Waals surface area contributed by atoms with Crippen molar-refractivity contribution in [3.63, 3.8) is 0 Å². The molecule has 1 aliphatic rings. The fourth-order valence-electron chi connectivity index (χ4n) is 2.77. The van der Waals surface area contributed by atoms with Crippen LogP contribution < -0.4 is 19.6 Å². The average molecular weight is 310 g/mol. The molecule has 116 valence electrons. The first-order valence-electron chi connectivity index (χ1n) is 7.16. The highest BCUT2D eigenvalue weighted by atomic mass is 16.5. The first-order valence-corrected chi connectivity index (χ1v) is 7.16. The van der Waals surface area contributed by atoms with Crippen molar-refractivity contribution in [1.82, 2.24) is 0 Å². The molecule has 2 aromatic carbocycles. The lowest BCUT2D eigenvalue weighted by Crippen LogP contribution is -2.17. The molecule has 5 heteroatoms. The molecule has 1 aliphatic heterocycles. The van der Waals surface area contributed by atoms with E-state index in [4.69, 9.17) is 18.6 Å². The normalized spacial score (nSPS) is 12.3. The Morgan fingerprint density at radius 1 is 1.00 bits per heavy atom. The van der Waals surface area contributed by atoms with Crippen LogP contribution in [-0.4, -0.2) is 14.2 Å². The molecule has 2 heterocycles. The van der Waals surface area contributed by atoms with Crippen LogP contribution in [-0.2, 0) is 6.61 Å². The van der Waals surface area contributed by atoms with E-state index in [2.05, 4.69) is 0 Å². The number of rotatable bonds is 2. The summed E-state index contributed by atoms with van der Waals surface area (Å²) in [5.41, 5.74) is 1.70. The predicted molar refractivity (Wildman–Crippen MR) is 85.4 cm³/mol. The zero-order chi connectivity index (χ0) is 16.0. The quantitative estimate of drug-likeness (QED) is 0.726. The van der Waals surface area contributed by atoms with Gasteiger partial charge in [-0.2, -0.15) is 0 Å². The molecule has 0 bridgehead atoms. The molecule has 0 saturated carbocycles. The molecule has 0 spiro atoms. The molecule has 0 saturated heterocycles. The van der Waals surface area contributed by atoms with Crippen molar-refractivity contribution >= 4 is 11.0 Å². The van der Waals surface area contributed by atoms with Crippen LogP contribution in [0.3, 0.4) is 0 Å². The highest BCUT2D eigenvalue weighted by molar-refractivity contribution is 5.83. The van der Waals surface area contributed by atoms with Gasteiger partial charge in [0.15, 0.2) is 5.43 Å². The van der Waals surface area contributed by atoms with Gasteiger partial charge in [-0.1, -0.05) is 0 Å². The van der Waals surface area contributed by atoms with Crippen LogP contribution in [0.4, 0.5) is 0 Å². The molecule has 23 heavy (non-hydrogen) atoms. The van der Waals surface area contributed by atoms with E-state index < -0.39 is 0 Å². The Labute approximate surface area is 132 Å². The number of ether oxygens (including phenoxy) is 3. The molecule has 0 unspecified atom stereocenters. The average Bonchev–Trinajstić information content (AvgIpc) is 2.61. The Morgan fingerprint density at radius 3 is 2.52 bits per heavy atom. The fourth-order valence-corrected chi connectivity index (χ4v) is 2.77. The number of hydrogen-bond acceptors (Lipinski definition) is 5. The molecule has 0 amide bonds. The summed E-state index contributed by atoms with van der Waals surface area (Å²) in [6, 6.07) is 10.6. The van der Waals surface area contributed by atoms with E-state index in [-0.39, 0.29) is 12.0 Å². The van der Waals surface area contributed by atoms with Gasteiger partial charge in [-0.15, -0.1) is 0 Å². The van der Waals surface area contributed by atoms with Gasteiger partial charge >= 0.3 is 0 Å². The van der Waals surface area contributed by atoms with Gasteiger partial charge < -0.3 is 18.6 Å². The van der Waals surface area contributed by atoms with Crippen molar-refractivity contribution in [1.29, 1.82) is 0 Å². The molecule has 0 aliphatic carbocycles. The summed E-state index contributed by atoms with van der Waals surface area (Å²) >= 11 is 0. The van der Waals surface area contributed by atoms with Crippen LogP contribution in [0, 0.1) is 0 Å². The zero-order valence-electron chi connectivity index (χ0n) is 12.7. The van der Waals surface area contributed by atoms with Gasteiger partial charge in [-0.3, -0.25) is 4.79 Å². The molecule has 0 N–H and O–H groups in total. The molecule has 0 fully saturated rings. The Morgan fingerprint density at radius 2 is 1.74 bits per heavy atom. The monoisotopic (exact) mass is 310 g/mol. The van der Waals surface area contributed by atoms with Gasteiger partial charge in [0.25, 0.3) is 0 Å². The van der Waals surface area contributed by atoms with Crippen LogP contribution in [0.1, 0.15) is 5.56 Å². The van der Waals surface area contributed by atoms with Crippen molar-refractivity contribution in [2.75, 3.05) is 14.2 Å². The van der Waals surface area contributed by atoms with Gasteiger partial charge in [0.1, 0.15) is 35.2 Å². The minimum absolute atomic E-state index is 0.0957. The van der Waals surface area contributed by atoms with E-state index in [1.807, 2.05) is 12.1 Å². The lowest BCUT2D eigenvalue weighted by atomic mass is 10.0. The van der Waals surface area contributed by atoms with Crippen LogP contribution in [0.2, 0.25) is 0 Å². The summed E-state index contributed by atoms with van der Waals surface area (Å²) in [6.45, 7) is 0.172. The highest BCUT2D eigenvalue weighted by Crippen LogP contribution is 2.39. The van der Waals surface area contributed by atoms with Crippen LogP contribution in [0.5, 0.6) is 17.2 Å². The Kier molecular flexibility index (Phi) is 3.01. The van der Waals surface area contributed by atoms with Gasteiger partial charge in [0.2, 0.25) is 0 Å². The lowest BCUT2D eigenvalue weighted by molar-refractivity contribution is 0.293. The van der Waals surface area contributed by atoms with E-state index >= 15 is 0 Å². The first-order chi connectivity index (χ1) is 11.2. The molecular formula is C18H14O5. The third kappa shape index (κ3) is 2.04. The molecule has 1 aromatic heterocycles. The van der Waals surface area contributed by atoms with Gasteiger partial charge in [0, 0.05) is 6.07 Å². The van der Waals surface area contributed by atoms with Crippen LogP contribution >= 0.6 is 0 Å². The standard InChI is InChI=1S/C18H14O5/c1-20-10-4-6-15-13(7-10)17(19)14-9-22-16-8-11(21-2)3-5-12(16)18(14)23-15/h3-8H,9H2,1-2H3. The number of methoxy groups -OCH3 is 2. The maximum atomic E-state index is 12.8. The second-order valence-electron chi connectivity index (χ2n) is 5.25. The molecule has 5 nitrogen and oxygen atoms in total. The summed E-state index contributed by atoms with van der Waals surface area (Å²) in [5.74, 6) is 2.51. The number of hydrogen-bond donors (Lipinski definition) is 0. The minimum Gasteiger partial charge on any atom is -0.497 e. The van der Waals surface area contributed by atoms with Crippen molar-refractivity contribution in [3.8, 4) is 28.6 Å². The predicted octanol–water partition coefficient (Wildman–Crippen LogP) is 3.37. The SMILES string of the molecule is COc1ccc2c(c1)OCc1c-2oc2ccc(OC)cc2c1=O. The van der Waals surface area contributed by atoms with E-state index in [0.29, 0.717) is 39.5 Å². The smallest absolute Gasteiger partial charge is 0.200 e. The third-order valence-corrected chi connectivity index (χ3v) is 4.00. The van der Waals surface area contributed by atoms with Crippen molar-refractivity contribution in [3.05, 3.63) is 52.2 Å². The first kappa shape index (κ1) is 13.7. The highest BCUT2D eigenvalue weighted by Gasteiger charge is 2.24. The van der Waals surface area contributed by atoms with E-state index in [0.717, 1.165) is 5.56 Å². The van der Waals surface area contributed by atoms with Crippen LogP contribution in [0.25, 0.3) is 22.3 Å². The van der Waals surface area contributed by atoms with E-state index in [9.17, 15) is 4.79 Å². The molecule has 4 rings (SSSR count). The Hall–Kier alpha value is -2.95. The third-order valence-electron chi connectivity index (χ3n) is 4.00. The largest absolute Gasteiger partial charge is 0.497 e. The van der Waals surface area contributed by atoms with Crippen LogP contribution in [0.15, 0.2) is 45.6 Å². The van der Waals surface area contributed by atoms with Crippen molar-refractivity contribution in [2.24, 2.45) is 0 Å². The summed E-state index contributed by atoms with van der Waals surface area (Å²) in [6.07, 6.45) is 0. The lowest BCUT2D eigenvalue weighted by Gasteiger charge is -2.20. The summed E-state index contributed by atoms with van der Waals surface area (Å²) in [4.78, 5) is 12.8. The number of fused-ring (bicyclic) bond motifs is 4. The maximum absolute atomic E-state index is 12.8. The van der Waals surface area contributed by atoms with Crippen molar-refractivity contribution < 1.29 is 18.6 Å². The van der Waals surface area contributed by atoms with E-state index in [1.54, 1.807) is 38.5 Å². The summed E-state index contributed by atoms with van der Waals surface area (Å²) in [7, 11) is 3.16. The zero-order valence-corrected chi connectivity index (χ0v) is 12.7. The van der Waals surface area contributed by atoms with Gasteiger partial charge in [0.05, 0.1) is 30.7 Å². The summed E-state index contributed by atoms with van der Waals surface area (Å²) < 4.78 is 22.1. The van der Waals surface area contributed by atoms with E-state index in [1.165, 1.54) is 0 Å². The maximum Gasteiger partial charge on any atom is 0.200 e. The molecular weight excluding hydrogens is 296 g/mol. The molecule has 3 aromatic rings. The topological polar surface area (TPSA) is 57.9 Å². The molecule has 0 radical (unpaired) electrons. The number of benzene rings is 2. The second-order valence-corrected chi connectivity index (χ2v) is 5.25. The Bertz CT molecular complexity index is 971. The minimum atomic E-state index is -0.0957. The fraction of sp³-hybridized carbons (Fsp3) is 0.167. The molecule has 0 atom stereocenters.